The van der Waals surface area contributed by atoms with Gasteiger partial charge < -0.3 is 5.21 Å². The topological polar surface area (TPSA) is 45.5 Å². The highest BCUT2D eigenvalue weighted by atomic mass is 16.4. The maximum atomic E-state index is 8.49. The Morgan fingerprint density at radius 2 is 1.70 bits per heavy atom. The largest absolute Gasteiger partial charge is 0.411 e. The second kappa shape index (κ2) is 8.10. The Bertz CT molecular complexity index is 538. The van der Waals surface area contributed by atoms with Crippen LogP contribution in [0.15, 0.2) is 53.7 Å². The molecule has 0 fully saturated rings. The molecule has 3 heteroatoms. The summed E-state index contributed by atoms with van der Waals surface area (Å²) < 4.78 is 0. The fourth-order valence-corrected chi connectivity index (χ4v) is 2.23. The van der Waals surface area contributed by atoms with Crippen molar-refractivity contribution in [2.45, 2.75) is 32.1 Å². The van der Waals surface area contributed by atoms with Crippen LogP contribution >= 0.6 is 0 Å². The predicted octanol–water partition coefficient (Wildman–Crippen LogP) is 3.85. The molecule has 1 aromatic carbocycles. The van der Waals surface area contributed by atoms with Gasteiger partial charge in [0.1, 0.15) is 0 Å². The van der Waals surface area contributed by atoms with E-state index in [4.69, 9.17) is 5.21 Å². The van der Waals surface area contributed by atoms with E-state index >= 15 is 0 Å². The smallest absolute Gasteiger partial charge is 0.0918 e. The summed E-state index contributed by atoms with van der Waals surface area (Å²) in [6.07, 6.45) is 7.03. The van der Waals surface area contributed by atoms with Gasteiger partial charge in [-0.05, 0) is 43.4 Å². The monoisotopic (exact) mass is 268 g/mol. The zero-order valence-electron chi connectivity index (χ0n) is 11.6. The lowest BCUT2D eigenvalue weighted by Gasteiger charge is -2.03. The summed E-state index contributed by atoms with van der Waals surface area (Å²) in [5.74, 6) is 0. The summed E-state index contributed by atoms with van der Waals surface area (Å²) in [7, 11) is 0. The minimum Gasteiger partial charge on any atom is -0.411 e. The Morgan fingerprint density at radius 1 is 0.900 bits per heavy atom. The molecule has 0 unspecified atom stereocenters. The van der Waals surface area contributed by atoms with Crippen LogP contribution in [0.25, 0.3) is 0 Å². The molecule has 0 bridgehead atoms. The molecule has 0 saturated carbocycles. The number of unbranched alkanes of at least 4 members (excludes halogenated alkanes) is 2. The molecule has 20 heavy (non-hydrogen) atoms. The lowest BCUT2D eigenvalue weighted by Crippen LogP contribution is -1.95. The van der Waals surface area contributed by atoms with Gasteiger partial charge in [-0.25, -0.2) is 0 Å². The van der Waals surface area contributed by atoms with Gasteiger partial charge in [0.15, 0.2) is 0 Å². The second-order valence-electron chi connectivity index (χ2n) is 4.84. The number of hydrogen-bond donors (Lipinski definition) is 1. The Labute approximate surface area is 120 Å². The van der Waals surface area contributed by atoms with Crippen molar-refractivity contribution in [2.24, 2.45) is 5.16 Å². The maximum Gasteiger partial charge on any atom is 0.0918 e. The molecule has 0 atom stereocenters. The molecule has 104 valence electrons. The Morgan fingerprint density at radius 3 is 2.50 bits per heavy atom. The van der Waals surface area contributed by atoms with Crippen LogP contribution in [-0.2, 0) is 12.8 Å². The quantitative estimate of drug-likeness (QED) is 0.359. The van der Waals surface area contributed by atoms with E-state index in [0.717, 1.165) is 25.0 Å². The van der Waals surface area contributed by atoms with E-state index in [1.807, 2.05) is 18.2 Å². The Kier molecular flexibility index (Phi) is 5.77. The number of pyridine rings is 1. The SMILES string of the molecule is O/N=C\c1cccc(CCCCCc2ccccc2)n1. The fourth-order valence-electron chi connectivity index (χ4n) is 2.23. The Balaban J connectivity index is 1.69. The van der Waals surface area contributed by atoms with E-state index in [1.165, 1.54) is 24.6 Å². The molecule has 2 rings (SSSR count). The summed E-state index contributed by atoms with van der Waals surface area (Å²) in [6.45, 7) is 0. The van der Waals surface area contributed by atoms with Crippen LogP contribution < -0.4 is 0 Å². The minimum absolute atomic E-state index is 0.703. The lowest BCUT2D eigenvalue weighted by molar-refractivity contribution is 0.321. The molecule has 2 aromatic rings. The number of aryl methyl sites for hydroxylation is 2. The van der Waals surface area contributed by atoms with E-state index < -0.39 is 0 Å². The molecule has 1 aromatic heterocycles. The molecule has 0 aliphatic rings. The van der Waals surface area contributed by atoms with Gasteiger partial charge >= 0.3 is 0 Å². The van der Waals surface area contributed by atoms with E-state index in [-0.39, 0.29) is 0 Å². The van der Waals surface area contributed by atoms with Gasteiger partial charge in [-0.2, -0.15) is 0 Å². The maximum absolute atomic E-state index is 8.49. The van der Waals surface area contributed by atoms with Crippen LogP contribution in [0, 0.1) is 0 Å². The third-order valence-corrected chi connectivity index (χ3v) is 3.26. The first-order valence-corrected chi connectivity index (χ1v) is 7.06. The molecule has 0 radical (unpaired) electrons. The summed E-state index contributed by atoms with van der Waals surface area (Å²) >= 11 is 0. The van der Waals surface area contributed by atoms with Crippen LogP contribution in [-0.4, -0.2) is 16.4 Å². The summed E-state index contributed by atoms with van der Waals surface area (Å²) in [5.41, 5.74) is 3.17. The normalized spacial score (nSPS) is 11.0. The summed E-state index contributed by atoms with van der Waals surface area (Å²) in [5, 5.41) is 11.5. The number of oxime groups is 1. The van der Waals surface area contributed by atoms with Crippen molar-refractivity contribution in [1.82, 2.24) is 4.98 Å². The molecular weight excluding hydrogens is 248 g/mol. The van der Waals surface area contributed by atoms with Crippen LogP contribution in [0.3, 0.4) is 0 Å². The number of aromatic nitrogens is 1. The van der Waals surface area contributed by atoms with Gasteiger partial charge in [0.25, 0.3) is 0 Å². The van der Waals surface area contributed by atoms with E-state index in [0.29, 0.717) is 5.69 Å². The first-order chi connectivity index (χ1) is 9.88. The van der Waals surface area contributed by atoms with Crippen molar-refractivity contribution in [3.8, 4) is 0 Å². The average molecular weight is 268 g/mol. The van der Waals surface area contributed by atoms with Gasteiger partial charge in [0.05, 0.1) is 11.9 Å². The number of hydrogen-bond acceptors (Lipinski definition) is 3. The van der Waals surface area contributed by atoms with Crippen molar-refractivity contribution < 1.29 is 5.21 Å². The lowest BCUT2D eigenvalue weighted by atomic mass is 10.1. The number of benzene rings is 1. The highest BCUT2D eigenvalue weighted by molar-refractivity contribution is 5.76. The number of rotatable bonds is 7. The van der Waals surface area contributed by atoms with Gasteiger partial charge in [-0.15, -0.1) is 0 Å². The molecular formula is C17H20N2O. The molecule has 0 saturated heterocycles. The van der Waals surface area contributed by atoms with E-state index in [9.17, 15) is 0 Å². The molecule has 1 N–H and O–H groups in total. The van der Waals surface area contributed by atoms with Gasteiger partial charge in [-0.3, -0.25) is 4.98 Å². The van der Waals surface area contributed by atoms with Crippen molar-refractivity contribution in [3.05, 3.63) is 65.5 Å². The van der Waals surface area contributed by atoms with Crippen LogP contribution in [0.4, 0.5) is 0 Å². The summed E-state index contributed by atoms with van der Waals surface area (Å²) in [6, 6.07) is 16.4. The van der Waals surface area contributed by atoms with Gasteiger partial charge in [-0.1, -0.05) is 48.0 Å². The first kappa shape index (κ1) is 14.3. The van der Waals surface area contributed by atoms with Gasteiger partial charge in [0.2, 0.25) is 0 Å². The number of nitrogens with zero attached hydrogens (tertiary/aromatic N) is 2. The molecule has 0 spiro atoms. The molecule has 0 aliphatic heterocycles. The van der Waals surface area contributed by atoms with Crippen molar-refractivity contribution in [3.63, 3.8) is 0 Å². The van der Waals surface area contributed by atoms with Crippen molar-refractivity contribution >= 4 is 6.21 Å². The highest BCUT2D eigenvalue weighted by Gasteiger charge is 1.98. The van der Waals surface area contributed by atoms with Crippen molar-refractivity contribution in [2.75, 3.05) is 0 Å². The minimum atomic E-state index is 0.703. The fraction of sp³-hybridized carbons (Fsp3) is 0.294. The Hall–Kier alpha value is -2.16. The van der Waals surface area contributed by atoms with E-state index in [2.05, 4.69) is 40.5 Å². The third-order valence-electron chi connectivity index (χ3n) is 3.26. The standard InChI is InChI=1S/C17H20N2O/c20-18-14-17-13-7-12-16(19-17)11-6-2-5-10-15-8-3-1-4-9-15/h1,3-4,7-9,12-14,20H,2,5-6,10-11H2/b18-14-. The highest BCUT2D eigenvalue weighted by Crippen LogP contribution is 2.09. The molecule has 0 amide bonds. The summed E-state index contributed by atoms with van der Waals surface area (Å²) in [4.78, 5) is 4.41. The zero-order chi connectivity index (χ0) is 14.0. The average Bonchev–Trinajstić information content (AvgIpc) is 2.49. The van der Waals surface area contributed by atoms with E-state index in [1.54, 1.807) is 0 Å². The zero-order valence-corrected chi connectivity index (χ0v) is 11.6. The molecule has 3 nitrogen and oxygen atoms in total. The van der Waals surface area contributed by atoms with Crippen LogP contribution in [0.1, 0.15) is 36.2 Å². The molecule has 0 aliphatic carbocycles. The van der Waals surface area contributed by atoms with Crippen LogP contribution in [0.5, 0.6) is 0 Å². The van der Waals surface area contributed by atoms with Crippen molar-refractivity contribution in [1.29, 1.82) is 0 Å². The van der Waals surface area contributed by atoms with Crippen LogP contribution in [0.2, 0.25) is 0 Å². The first-order valence-electron chi connectivity index (χ1n) is 7.06. The van der Waals surface area contributed by atoms with Gasteiger partial charge in [0, 0.05) is 5.69 Å². The third kappa shape index (κ3) is 4.84. The predicted molar refractivity (Wildman–Crippen MR) is 81.3 cm³/mol. The second-order valence-corrected chi connectivity index (χ2v) is 4.84. The molecule has 1 heterocycles.